The van der Waals surface area contributed by atoms with Crippen molar-refractivity contribution in [2.45, 2.75) is 32.2 Å². The van der Waals surface area contributed by atoms with Gasteiger partial charge in [0.15, 0.2) is 5.78 Å². The minimum Gasteiger partial charge on any atom is -0.310 e. The zero-order valence-corrected chi connectivity index (χ0v) is 9.49. The molecular formula is C13H19NO. The molecule has 0 aliphatic rings. The lowest BCUT2D eigenvalue weighted by molar-refractivity contribution is 0.0941. The Hall–Kier alpha value is -1.15. The van der Waals surface area contributed by atoms with E-state index in [1.54, 1.807) is 0 Å². The van der Waals surface area contributed by atoms with Crippen molar-refractivity contribution < 1.29 is 4.79 Å². The molecule has 0 amide bonds. The van der Waals surface area contributed by atoms with Gasteiger partial charge in [0, 0.05) is 5.56 Å². The molecule has 1 rings (SSSR count). The molecule has 0 spiro atoms. The maximum atomic E-state index is 12.0. The molecule has 1 atom stereocenters. The van der Waals surface area contributed by atoms with Gasteiger partial charge >= 0.3 is 0 Å². The first kappa shape index (κ1) is 11.9. The summed E-state index contributed by atoms with van der Waals surface area (Å²) in [7, 11) is 1.85. The van der Waals surface area contributed by atoms with Crippen LogP contribution in [0.3, 0.4) is 0 Å². The number of Topliss-reactive ketones (excluding diaryl/α,β-unsaturated/α-hetero) is 1. The Morgan fingerprint density at radius 2 is 2.00 bits per heavy atom. The molecule has 0 aromatic heterocycles. The highest BCUT2D eigenvalue weighted by Gasteiger charge is 2.16. The van der Waals surface area contributed by atoms with Crippen molar-refractivity contribution in [1.82, 2.24) is 5.32 Å². The molecule has 2 nitrogen and oxygen atoms in total. The Kier molecular flexibility index (Phi) is 5.05. The highest BCUT2D eigenvalue weighted by Crippen LogP contribution is 2.08. The van der Waals surface area contributed by atoms with E-state index >= 15 is 0 Å². The quantitative estimate of drug-likeness (QED) is 0.723. The Balaban J connectivity index is 2.65. The van der Waals surface area contributed by atoms with Crippen molar-refractivity contribution in [3.05, 3.63) is 35.9 Å². The molecule has 0 fully saturated rings. The molecule has 2 heteroatoms. The van der Waals surface area contributed by atoms with E-state index in [2.05, 4.69) is 12.2 Å². The zero-order valence-electron chi connectivity index (χ0n) is 9.49. The average molecular weight is 205 g/mol. The number of benzene rings is 1. The molecule has 0 radical (unpaired) electrons. The molecule has 1 N–H and O–H groups in total. The summed E-state index contributed by atoms with van der Waals surface area (Å²) in [6.45, 7) is 2.14. The smallest absolute Gasteiger partial charge is 0.179 e. The Bertz CT molecular complexity index is 295. The third-order valence-electron chi connectivity index (χ3n) is 2.57. The minimum atomic E-state index is -0.0349. The van der Waals surface area contributed by atoms with Crippen molar-refractivity contribution in [2.24, 2.45) is 0 Å². The fraction of sp³-hybridized carbons (Fsp3) is 0.462. The number of carbonyl (C=O) groups excluding carboxylic acids is 1. The van der Waals surface area contributed by atoms with Crippen molar-refractivity contribution in [3.63, 3.8) is 0 Å². The van der Waals surface area contributed by atoms with Gasteiger partial charge in [0.2, 0.25) is 0 Å². The SMILES string of the molecule is CCCC[C@@H](NC)C(=O)c1ccccc1. The molecule has 0 aliphatic carbocycles. The maximum Gasteiger partial charge on any atom is 0.179 e. The Labute approximate surface area is 91.7 Å². The predicted molar refractivity (Wildman–Crippen MR) is 63.1 cm³/mol. The first-order valence-corrected chi connectivity index (χ1v) is 5.56. The van der Waals surface area contributed by atoms with E-state index in [0.717, 1.165) is 24.8 Å². The highest BCUT2D eigenvalue weighted by atomic mass is 16.1. The van der Waals surface area contributed by atoms with Crippen LogP contribution in [-0.4, -0.2) is 18.9 Å². The van der Waals surface area contributed by atoms with Crippen LogP contribution in [0.5, 0.6) is 0 Å². The third-order valence-corrected chi connectivity index (χ3v) is 2.57. The first-order chi connectivity index (χ1) is 7.29. The van der Waals surface area contributed by atoms with Crippen molar-refractivity contribution in [2.75, 3.05) is 7.05 Å². The van der Waals surface area contributed by atoms with Gasteiger partial charge in [-0.05, 0) is 13.5 Å². The molecule has 1 aromatic carbocycles. The van der Waals surface area contributed by atoms with Crippen LogP contribution in [0, 0.1) is 0 Å². The number of nitrogens with one attached hydrogen (secondary N) is 1. The summed E-state index contributed by atoms with van der Waals surface area (Å²) >= 11 is 0. The van der Waals surface area contributed by atoms with Crippen LogP contribution in [-0.2, 0) is 0 Å². The predicted octanol–water partition coefficient (Wildman–Crippen LogP) is 2.65. The second-order valence-corrected chi connectivity index (χ2v) is 3.71. The second-order valence-electron chi connectivity index (χ2n) is 3.71. The molecule has 0 saturated heterocycles. The van der Waals surface area contributed by atoms with Crippen LogP contribution in [0.1, 0.15) is 36.5 Å². The highest BCUT2D eigenvalue weighted by molar-refractivity contribution is 6.00. The van der Waals surface area contributed by atoms with Crippen LogP contribution in [0.2, 0.25) is 0 Å². The standard InChI is InChI=1S/C13H19NO/c1-3-4-10-12(14-2)13(15)11-8-6-5-7-9-11/h5-9,12,14H,3-4,10H2,1-2H3/t12-/m1/s1. The molecule has 15 heavy (non-hydrogen) atoms. The average Bonchev–Trinajstić information content (AvgIpc) is 2.31. The number of hydrogen-bond donors (Lipinski definition) is 1. The lowest BCUT2D eigenvalue weighted by Gasteiger charge is -2.14. The zero-order chi connectivity index (χ0) is 11.1. The lowest BCUT2D eigenvalue weighted by atomic mass is 10.00. The summed E-state index contributed by atoms with van der Waals surface area (Å²) < 4.78 is 0. The van der Waals surface area contributed by atoms with Crippen molar-refractivity contribution in [3.8, 4) is 0 Å². The summed E-state index contributed by atoms with van der Waals surface area (Å²) in [4.78, 5) is 12.0. The van der Waals surface area contributed by atoms with E-state index in [4.69, 9.17) is 0 Å². The van der Waals surface area contributed by atoms with E-state index < -0.39 is 0 Å². The van der Waals surface area contributed by atoms with E-state index in [1.165, 1.54) is 0 Å². The van der Waals surface area contributed by atoms with Gasteiger partial charge in [-0.3, -0.25) is 4.79 Å². The number of carbonyl (C=O) groups is 1. The summed E-state index contributed by atoms with van der Waals surface area (Å²) in [5.74, 6) is 0.201. The molecule has 1 aromatic rings. The lowest BCUT2D eigenvalue weighted by Crippen LogP contribution is -2.33. The van der Waals surface area contributed by atoms with Gasteiger partial charge in [-0.2, -0.15) is 0 Å². The van der Waals surface area contributed by atoms with Crippen LogP contribution in [0.4, 0.5) is 0 Å². The molecule has 0 aliphatic heterocycles. The van der Waals surface area contributed by atoms with Gasteiger partial charge in [-0.15, -0.1) is 0 Å². The molecule has 0 bridgehead atoms. The molecule has 82 valence electrons. The van der Waals surface area contributed by atoms with E-state index in [0.29, 0.717) is 0 Å². The minimum absolute atomic E-state index is 0.0349. The van der Waals surface area contributed by atoms with Gasteiger partial charge in [0.25, 0.3) is 0 Å². The Morgan fingerprint density at radius 3 is 2.53 bits per heavy atom. The van der Waals surface area contributed by atoms with E-state index in [-0.39, 0.29) is 11.8 Å². The number of rotatable bonds is 6. The monoisotopic (exact) mass is 205 g/mol. The largest absolute Gasteiger partial charge is 0.310 e. The maximum absolute atomic E-state index is 12.0. The summed E-state index contributed by atoms with van der Waals surface area (Å²) in [5, 5.41) is 3.09. The van der Waals surface area contributed by atoms with Crippen LogP contribution in [0.15, 0.2) is 30.3 Å². The summed E-state index contributed by atoms with van der Waals surface area (Å²) in [5.41, 5.74) is 0.799. The number of likely N-dealkylation sites (N-methyl/N-ethyl adjacent to an activating group) is 1. The van der Waals surface area contributed by atoms with Gasteiger partial charge in [0.1, 0.15) is 0 Å². The van der Waals surface area contributed by atoms with E-state index in [9.17, 15) is 4.79 Å². The van der Waals surface area contributed by atoms with Gasteiger partial charge in [0.05, 0.1) is 6.04 Å². The van der Waals surface area contributed by atoms with E-state index in [1.807, 2.05) is 37.4 Å². The molecule has 0 saturated carbocycles. The fourth-order valence-electron chi connectivity index (χ4n) is 1.62. The number of unbranched alkanes of at least 4 members (excludes halogenated alkanes) is 1. The topological polar surface area (TPSA) is 29.1 Å². The van der Waals surface area contributed by atoms with Crippen LogP contribution >= 0.6 is 0 Å². The van der Waals surface area contributed by atoms with Gasteiger partial charge < -0.3 is 5.32 Å². The Morgan fingerprint density at radius 1 is 1.33 bits per heavy atom. The van der Waals surface area contributed by atoms with Crippen molar-refractivity contribution >= 4 is 5.78 Å². The third kappa shape index (κ3) is 3.48. The van der Waals surface area contributed by atoms with Crippen LogP contribution in [0.25, 0.3) is 0 Å². The molecular weight excluding hydrogens is 186 g/mol. The summed E-state index contributed by atoms with van der Waals surface area (Å²) in [6, 6.07) is 9.45. The summed E-state index contributed by atoms with van der Waals surface area (Å²) in [6.07, 6.45) is 3.13. The van der Waals surface area contributed by atoms with Crippen molar-refractivity contribution in [1.29, 1.82) is 0 Å². The number of ketones is 1. The molecule has 0 unspecified atom stereocenters. The number of hydrogen-bond acceptors (Lipinski definition) is 2. The van der Waals surface area contributed by atoms with Gasteiger partial charge in [-0.25, -0.2) is 0 Å². The van der Waals surface area contributed by atoms with Crippen LogP contribution < -0.4 is 5.32 Å². The molecule has 0 heterocycles. The van der Waals surface area contributed by atoms with Gasteiger partial charge in [-0.1, -0.05) is 50.1 Å². The second kappa shape index (κ2) is 6.36. The first-order valence-electron chi connectivity index (χ1n) is 5.56. The normalized spacial score (nSPS) is 12.4. The fourth-order valence-corrected chi connectivity index (χ4v) is 1.62.